The summed E-state index contributed by atoms with van der Waals surface area (Å²) in [6, 6.07) is 7.94. The molecule has 0 aliphatic rings. The molecule has 0 unspecified atom stereocenters. The van der Waals surface area contributed by atoms with E-state index in [4.69, 9.17) is 4.74 Å². The Morgan fingerprint density at radius 2 is 1.96 bits per heavy atom. The second-order valence-corrected chi connectivity index (χ2v) is 6.97. The number of aromatic nitrogens is 2. The normalized spacial score (nSPS) is 11.1. The molecule has 0 aliphatic heterocycles. The summed E-state index contributed by atoms with van der Waals surface area (Å²) in [5, 5.41) is 0.736. The van der Waals surface area contributed by atoms with Crippen LogP contribution in [0.5, 0.6) is 5.75 Å². The molecule has 3 rings (SSSR count). The van der Waals surface area contributed by atoms with Gasteiger partial charge >= 0.3 is 0 Å². The maximum absolute atomic E-state index is 12.9. The zero-order chi connectivity index (χ0) is 17.1. The van der Waals surface area contributed by atoms with Gasteiger partial charge in [-0.3, -0.25) is 9.36 Å². The second kappa shape index (κ2) is 7.18. The minimum Gasteiger partial charge on any atom is -0.494 e. The monoisotopic (exact) mass is 342 g/mol. The number of aryl methyl sites for hydroxylation is 2. The minimum atomic E-state index is 0.0571. The molecular formula is C19H22N2O2S. The van der Waals surface area contributed by atoms with Crippen molar-refractivity contribution >= 4 is 21.6 Å². The first-order valence-electron chi connectivity index (χ1n) is 8.37. The van der Waals surface area contributed by atoms with Crippen LogP contribution < -0.4 is 10.3 Å². The fourth-order valence-electron chi connectivity index (χ4n) is 2.86. The Labute approximate surface area is 145 Å². The van der Waals surface area contributed by atoms with Crippen LogP contribution in [0.3, 0.4) is 0 Å². The lowest BCUT2D eigenvalue weighted by molar-refractivity contribution is 0.340. The number of benzene rings is 1. The van der Waals surface area contributed by atoms with Gasteiger partial charge in [0.1, 0.15) is 10.6 Å². The van der Waals surface area contributed by atoms with Gasteiger partial charge in [-0.05, 0) is 38.0 Å². The van der Waals surface area contributed by atoms with Crippen LogP contribution >= 0.6 is 11.3 Å². The molecule has 3 aromatic rings. The highest BCUT2D eigenvalue weighted by Gasteiger charge is 2.16. The molecular weight excluding hydrogens is 320 g/mol. The van der Waals surface area contributed by atoms with Crippen molar-refractivity contribution in [2.45, 2.75) is 40.2 Å². The van der Waals surface area contributed by atoms with E-state index in [0.717, 1.165) is 51.4 Å². The third-order valence-corrected chi connectivity index (χ3v) is 5.07. The number of hydrogen-bond donors (Lipinski definition) is 0. The van der Waals surface area contributed by atoms with Crippen molar-refractivity contribution < 1.29 is 4.74 Å². The van der Waals surface area contributed by atoms with Gasteiger partial charge in [-0.25, -0.2) is 4.98 Å². The van der Waals surface area contributed by atoms with Crippen LogP contribution in [0.25, 0.3) is 21.3 Å². The second-order valence-electron chi connectivity index (χ2n) is 5.77. The van der Waals surface area contributed by atoms with Gasteiger partial charge in [-0.15, -0.1) is 11.3 Å². The average molecular weight is 342 g/mol. The Balaban J connectivity index is 2.12. The van der Waals surface area contributed by atoms with Crippen molar-refractivity contribution in [2.75, 3.05) is 6.61 Å². The van der Waals surface area contributed by atoms with Crippen molar-refractivity contribution in [1.29, 1.82) is 0 Å². The number of nitrogens with zero attached hydrogens (tertiary/aromatic N) is 2. The first kappa shape index (κ1) is 16.7. The standard InChI is InChI=1S/C19H22N2O2S/c1-4-6-11-21-12-20-18-17(19(21)22)16(13(3)24-18)14-7-9-15(10-8-14)23-5-2/h7-10,12H,4-6,11H2,1-3H3. The summed E-state index contributed by atoms with van der Waals surface area (Å²) in [6.45, 7) is 7.50. The van der Waals surface area contributed by atoms with E-state index in [2.05, 4.69) is 11.9 Å². The van der Waals surface area contributed by atoms with Crippen LogP contribution in [0.15, 0.2) is 35.4 Å². The zero-order valence-electron chi connectivity index (χ0n) is 14.3. The Hall–Kier alpha value is -2.14. The fourth-order valence-corrected chi connectivity index (χ4v) is 3.86. The molecule has 2 heterocycles. The van der Waals surface area contributed by atoms with Gasteiger partial charge in [-0.1, -0.05) is 25.5 Å². The highest BCUT2D eigenvalue weighted by Crippen LogP contribution is 2.36. The number of thiophene rings is 1. The molecule has 0 bridgehead atoms. The van der Waals surface area contributed by atoms with E-state index in [9.17, 15) is 4.79 Å². The molecule has 24 heavy (non-hydrogen) atoms. The smallest absolute Gasteiger partial charge is 0.262 e. The molecule has 1 aromatic carbocycles. The Kier molecular flexibility index (Phi) is 5.00. The van der Waals surface area contributed by atoms with Crippen LogP contribution in [-0.4, -0.2) is 16.2 Å². The average Bonchev–Trinajstić information content (AvgIpc) is 2.92. The predicted molar refractivity (Wildman–Crippen MR) is 100 cm³/mol. The van der Waals surface area contributed by atoms with Crippen molar-refractivity contribution in [2.24, 2.45) is 0 Å². The third kappa shape index (κ3) is 3.08. The van der Waals surface area contributed by atoms with Crippen molar-refractivity contribution in [3.63, 3.8) is 0 Å². The highest BCUT2D eigenvalue weighted by molar-refractivity contribution is 7.19. The van der Waals surface area contributed by atoms with E-state index in [0.29, 0.717) is 6.61 Å². The summed E-state index contributed by atoms with van der Waals surface area (Å²) in [7, 11) is 0. The molecule has 2 aromatic heterocycles. The highest BCUT2D eigenvalue weighted by atomic mass is 32.1. The van der Waals surface area contributed by atoms with E-state index in [1.54, 1.807) is 22.2 Å². The molecule has 126 valence electrons. The van der Waals surface area contributed by atoms with Crippen LogP contribution in [0, 0.1) is 6.92 Å². The van der Waals surface area contributed by atoms with Gasteiger partial charge < -0.3 is 4.74 Å². The summed E-state index contributed by atoms with van der Waals surface area (Å²) in [5.74, 6) is 0.844. The Morgan fingerprint density at radius 1 is 1.21 bits per heavy atom. The first-order valence-corrected chi connectivity index (χ1v) is 9.19. The lowest BCUT2D eigenvalue weighted by atomic mass is 10.0. The minimum absolute atomic E-state index is 0.0571. The molecule has 0 saturated heterocycles. The van der Waals surface area contributed by atoms with E-state index >= 15 is 0 Å². The van der Waals surface area contributed by atoms with Gasteiger partial charge in [0.05, 0.1) is 18.3 Å². The summed E-state index contributed by atoms with van der Waals surface area (Å²) < 4.78 is 7.24. The molecule has 0 aliphatic carbocycles. The van der Waals surface area contributed by atoms with E-state index in [1.165, 1.54) is 0 Å². The largest absolute Gasteiger partial charge is 0.494 e. The Bertz CT molecular complexity index is 894. The lowest BCUT2D eigenvalue weighted by Gasteiger charge is -2.07. The van der Waals surface area contributed by atoms with Gasteiger partial charge in [0.25, 0.3) is 5.56 Å². The van der Waals surface area contributed by atoms with Crippen LogP contribution in [0.1, 0.15) is 31.6 Å². The fraction of sp³-hybridized carbons (Fsp3) is 0.368. The van der Waals surface area contributed by atoms with E-state index < -0.39 is 0 Å². The number of hydrogen-bond acceptors (Lipinski definition) is 4. The van der Waals surface area contributed by atoms with Crippen molar-refractivity contribution in [1.82, 2.24) is 9.55 Å². The maximum atomic E-state index is 12.9. The Morgan fingerprint density at radius 3 is 2.62 bits per heavy atom. The van der Waals surface area contributed by atoms with E-state index in [-0.39, 0.29) is 5.56 Å². The van der Waals surface area contributed by atoms with Crippen LogP contribution in [-0.2, 0) is 6.54 Å². The van der Waals surface area contributed by atoms with Gasteiger partial charge in [0.15, 0.2) is 0 Å². The predicted octanol–water partition coefficient (Wildman–Crippen LogP) is 4.63. The van der Waals surface area contributed by atoms with Gasteiger partial charge in [0, 0.05) is 17.0 Å². The van der Waals surface area contributed by atoms with Crippen LogP contribution in [0.4, 0.5) is 0 Å². The summed E-state index contributed by atoms with van der Waals surface area (Å²) >= 11 is 1.58. The van der Waals surface area contributed by atoms with E-state index in [1.807, 2.05) is 38.1 Å². The lowest BCUT2D eigenvalue weighted by Crippen LogP contribution is -2.20. The van der Waals surface area contributed by atoms with Crippen LogP contribution in [0.2, 0.25) is 0 Å². The summed E-state index contributed by atoms with van der Waals surface area (Å²) in [5.41, 5.74) is 2.09. The molecule has 5 heteroatoms. The summed E-state index contributed by atoms with van der Waals surface area (Å²) in [6.07, 6.45) is 3.71. The molecule has 0 spiro atoms. The maximum Gasteiger partial charge on any atom is 0.262 e. The quantitative estimate of drug-likeness (QED) is 0.656. The van der Waals surface area contributed by atoms with Crippen molar-refractivity contribution in [3.8, 4) is 16.9 Å². The molecule has 0 atom stereocenters. The summed E-state index contributed by atoms with van der Waals surface area (Å²) in [4.78, 5) is 19.4. The molecule has 4 nitrogen and oxygen atoms in total. The molecule has 0 saturated carbocycles. The van der Waals surface area contributed by atoms with Gasteiger partial charge in [-0.2, -0.15) is 0 Å². The molecule has 0 N–H and O–H groups in total. The molecule has 0 radical (unpaired) electrons. The SMILES string of the molecule is CCCCn1cnc2sc(C)c(-c3ccc(OCC)cc3)c2c1=O. The first-order chi connectivity index (χ1) is 11.7. The molecule has 0 amide bonds. The molecule has 0 fully saturated rings. The number of ether oxygens (including phenoxy) is 1. The number of fused-ring (bicyclic) bond motifs is 1. The third-order valence-electron chi connectivity index (χ3n) is 4.06. The number of unbranched alkanes of at least 4 members (excludes halogenated alkanes) is 1. The number of rotatable bonds is 6. The zero-order valence-corrected chi connectivity index (χ0v) is 15.2. The topological polar surface area (TPSA) is 44.1 Å². The van der Waals surface area contributed by atoms with Crippen molar-refractivity contribution in [3.05, 3.63) is 45.8 Å². The van der Waals surface area contributed by atoms with Gasteiger partial charge in [0.2, 0.25) is 0 Å².